The molecule has 0 aliphatic heterocycles. The SMILES string of the molecule is CCOC(=O)c1cc2cccc(N)c2cn1. The maximum Gasteiger partial charge on any atom is 0.356 e. The molecular weight excluding hydrogens is 204 g/mol. The van der Waals surface area contributed by atoms with Gasteiger partial charge in [-0.2, -0.15) is 0 Å². The monoisotopic (exact) mass is 216 g/mol. The Balaban J connectivity index is 2.48. The van der Waals surface area contributed by atoms with E-state index in [0.717, 1.165) is 10.8 Å². The molecule has 0 aliphatic carbocycles. The van der Waals surface area contributed by atoms with Crippen molar-refractivity contribution in [3.8, 4) is 0 Å². The third-order valence-corrected chi connectivity index (χ3v) is 2.28. The molecule has 0 amide bonds. The first-order valence-corrected chi connectivity index (χ1v) is 5.03. The third-order valence-electron chi connectivity index (χ3n) is 2.28. The van der Waals surface area contributed by atoms with E-state index in [0.29, 0.717) is 18.0 Å². The smallest absolute Gasteiger partial charge is 0.356 e. The zero-order valence-electron chi connectivity index (χ0n) is 8.93. The molecule has 0 spiro atoms. The van der Waals surface area contributed by atoms with Crippen LogP contribution < -0.4 is 5.73 Å². The Morgan fingerprint density at radius 1 is 1.50 bits per heavy atom. The number of ether oxygens (including phenoxy) is 1. The number of pyridine rings is 1. The highest BCUT2D eigenvalue weighted by Crippen LogP contribution is 2.20. The highest BCUT2D eigenvalue weighted by molar-refractivity contribution is 5.97. The number of esters is 1. The van der Waals surface area contributed by atoms with Crippen molar-refractivity contribution in [1.82, 2.24) is 4.98 Å². The fourth-order valence-corrected chi connectivity index (χ4v) is 1.51. The number of carbonyl (C=O) groups is 1. The lowest BCUT2D eigenvalue weighted by Crippen LogP contribution is -2.06. The first-order chi connectivity index (χ1) is 7.72. The van der Waals surface area contributed by atoms with Gasteiger partial charge in [0.1, 0.15) is 5.69 Å². The van der Waals surface area contributed by atoms with Gasteiger partial charge in [0.15, 0.2) is 0 Å². The van der Waals surface area contributed by atoms with Gasteiger partial charge in [-0.3, -0.25) is 0 Å². The number of carbonyl (C=O) groups excluding carboxylic acids is 1. The first-order valence-electron chi connectivity index (χ1n) is 5.03. The molecule has 0 radical (unpaired) electrons. The van der Waals surface area contributed by atoms with Crippen molar-refractivity contribution in [1.29, 1.82) is 0 Å². The van der Waals surface area contributed by atoms with Crippen LogP contribution in [0.3, 0.4) is 0 Å². The zero-order chi connectivity index (χ0) is 11.5. The molecule has 0 aliphatic rings. The number of benzene rings is 1. The molecular formula is C12H12N2O2. The summed E-state index contributed by atoms with van der Waals surface area (Å²) in [7, 11) is 0. The Labute approximate surface area is 93.0 Å². The van der Waals surface area contributed by atoms with Gasteiger partial charge in [-0.05, 0) is 24.4 Å². The van der Waals surface area contributed by atoms with E-state index >= 15 is 0 Å². The van der Waals surface area contributed by atoms with Crippen molar-refractivity contribution in [2.45, 2.75) is 6.92 Å². The normalized spacial score (nSPS) is 10.3. The van der Waals surface area contributed by atoms with E-state index in [1.807, 2.05) is 12.1 Å². The molecule has 4 nitrogen and oxygen atoms in total. The van der Waals surface area contributed by atoms with Crippen LogP contribution in [-0.2, 0) is 4.74 Å². The lowest BCUT2D eigenvalue weighted by molar-refractivity contribution is 0.0520. The number of fused-ring (bicyclic) bond motifs is 1. The van der Waals surface area contributed by atoms with Crippen LogP contribution in [0.15, 0.2) is 30.5 Å². The van der Waals surface area contributed by atoms with Gasteiger partial charge < -0.3 is 10.5 Å². The summed E-state index contributed by atoms with van der Waals surface area (Å²) in [5.41, 5.74) is 6.74. The van der Waals surface area contributed by atoms with Crippen LogP contribution in [0.1, 0.15) is 17.4 Å². The number of nitrogens with zero attached hydrogens (tertiary/aromatic N) is 1. The standard InChI is InChI=1S/C12H12N2O2/c1-2-16-12(15)11-6-8-4-3-5-10(13)9(8)7-14-11/h3-7H,2,13H2,1H3. The Hall–Kier alpha value is -2.10. The first kappa shape index (κ1) is 10.4. The van der Waals surface area contributed by atoms with E-state index < -0.39 is 5.97 Å². The van der Waals surface area contributed by atoms with Gasteiger partial charge in [-0.15, -0.1) is 0 Å². The largest absolute Gasteiger partial charge is 0.461 e. The van der Waals surface area contributed by atoms with E-state index in [-0.39, 0.29) is 0 Å². The van der Waals surface area contributed by atoms with Crippen LogP contribution in [0.4, 0.5) is 5.69 Å². The Kier molecular flexibility index (Phi) is 2.72. The number of nitrogens with two attached hydrogens (primary N) is 1. The van der Waals surface area contributed by atoms with Gasteiger partial charge in [0.2, 0.25) is 0 Å². The van der Waals surface area contributed by atoms with E-state index in [9.17, 15) is 4.79 Å². The molecule has 0 atom stereocenters. The fraction of sp³-hybridized carbons (Fsp3) is 0.167. The van der Waals surface area contributed by atoms with Crippen LogP contribution in [-0.4, -0.2) is 17.6 Å². The third kappa shape index (κ3) is 1.82. The molecule has 0 bridgehead atoms. The summed E-state index contributed by atoms with van der Waals surface area (Å²) in [6.07, 6.45) is 1.59. The van der Waals surface area contributed by atoms with Gasteiger partial charge in [0.25, 0.3) is 0 Å². The van der Waals surface area contributed by atoms with Crippen molar-refractivity contribution in [3.63, 3.8) is 0 Å². The number of hydrogen-bond acceptors (Lipinski definition) is 4. The Morgan fingerprint density at radius 3 is 3.06 bits per heavy atom. The molecule has 0 saturated carbocycles. The van der Waals surface area contributed by atoms with Crippen LogP contribution in [0.2, 0.25) is 0 Å². The van der Waals surface area contributed by atoms with Gasteiger partial charge >= 0.3 is 5.97 Å². The molecule has 82 valence electrons. The molecule has 1 aromatic carbocycles. The highest BCUT2D eigenvalue weighted by atomic mass is 16.5. The quantitative estimate of drug-likeness (QED) is 0.616. The minimum absolute atomic E-state index is 0.306. The number of aromatic nitrogens is 1. The minimum Gasteiger partial charge on any atom is -0.461 e. The van der Waals surface area contributed by atoms with E-state index in [1.54, 1.807) is 25.3 Å². The Morgan fingerprint density at radius 2 is 2.31 bits per heavy atom. The predicted molar refractivity (Wildman–Crippen MR) is 62.1 cm³/mol. The molecule has 1 heterocycles. The molecule has 2 aromatic rings. The average molecular weight is 216 g/mol. The fourth-order valence-electron chi connectivity index (χ4n) is 1.51. The molecule has 0 unspecified atom stereocenters. The number of hydrogen-bond donors (Lipinski definition) is 1. The summed E-state index contributed by atoms with van der Waals surface area (Å²) in [6, 6.07) is 7.21. The van der Waals surface area contributed by atoms with Crippen LogP contribution in [0.25, 0.3) is 10.8 Å². The second-order valence-corrected chi connectivity index (χ2v) is 3.36. The van der Waals surface area contributed by atoms with Crippen LogP contribution in [0, 0.1) is 0 Å². The van der Waals surface area contributed by atoms with E-state index in [4.69, 9.17) is 10.5 Å². The second-order valence-electron chi connectivity index (χ2n) is 3.36. The predicted octanol–water partition coefficient (Wildman–Crippen LogP) is 1.99. The summed E-state index contributed by atoms with van der Waals surface area (Å²) >= 11 is 0. The van der Waals surface area contributed by atoms with Gasteiger partial charge in [-0.1, -0.05) is 12.1 Å². The molecule has 4 heteroatoms. The topological polar surface area (TPSA) is 65.2 Å². The molecule has 16 heavy (non-hydrogen) atoms. The molecule has 0 fully saturated rings. The maximum atomic E-state index is 11.5. The van der Waals surface area contributed by atoms with E-state index in [1.165, 1.54) is 0 Å². The second kappa shape index (κ2) is 4.18. The summed E-state index contributed by atoms with van der Waals surface area (Å²) in [4.78, 5) is 15.5. The van der Waals surface area contributed by atoms with Gasteiger partial charge in [-0.25, -0.2) is 9.78 Å². The maximum absolute atomic E-state index is 11.5. The summed E-state index contributed by atoms with van der Waals surface area (Å²) < 4.78 is 4.87. The zero-order valence-corrected chi connectivity index (χ0v) is 8.93. The van der Waals surface area contributed by atoms with Crippen LogP contribution >= 0.6 is 0 Å². The van der Waals surface area contributed by atoms with Crippen molar-refractivity contribution >= 4 is 22.4 Å². The number of nitrogen functional groups attached to an aromatic ring is 1. The minimum atomic E-state index is -0.410. The van der Waals surface area contributed by atoms with E-state index in [2.05, 4.69) is 4.98 Å². The summed E-state index contributed by atoms with van der Waals surface area (Å²) in [5.74, 6) is -0.410. The summed E-state index contributed by atoms with van der Waals surface area (Å²) in [6.45, 7) is 2.10. The van der Waals surface area contributed by atoms with Gasteiger partial charge in [0.05, 0.1) is 6.61 Å². The summed E-state index contributed by atoms with van der Waals surface area (Å²) in [5, 5.41) is 1.73. The highest BCUT2D eigenvalue weighted by Gasteiger charge is 2.09. The van der Waals surface area contributed by atoms with Gasteiger partial charge in [0, 0.05) is 17.3 Å². The van der Waals surface area contributed by atoms with Crippen molar-refractivity contribution in [3.05, 3.63) is 36.2 Å². The Bertz CT molecular complexity index is 538. The number of anilines is 1. The van der Waals surface area contributed by atoms with Crippen molar-refractivity contribution in [2.24, 2.45) is 0 Å². The van der Waals surface area contributed by atoms with Crippen LogP contribution in [0.5, 0.6) is 0 Å². The van der Waals surface area contributed by atoms with Crippen molar-refractivity contribution < 1.29 is 9.53 Å². The molecule has 2 rings (SSSR count). The average Bonchev–Trinajstić information content (AvgIpc) is 2.29. The molecule has 2 N–H and O–H groups in total. The molecule has 1 aromatic heterocycles. The lowest BCUT2D eigenvalue weighted by Gasteiger charge is -2.04. The molecule has 0 saturated heterocycles. The lowest BCUT2D eigenvalue weighted by atomic mass is 10.1. The van der Waals surface area contributed by atoms with Crippen molar-refractivity contribution in [2.75, 3.05) is 12.3 Å². The number of rotatable bonds is 2.